The Balaban J connectivity index is 1.83. The Morgan fingerprint density at radius 2 is 2.07 bits per heavy atom. The summed E-state index contributed by atoms with van der Waals surface area (Å²) in [4.78, 5) is 16.9. The average Bonchev–Trinajstić information content (AvgIpc) is 2.92. The largest absolute Gasteiger partial charge is 0.325 e. The molecule has 1 aromatic carbocycles. The third-order valence-corrected chi connectivity index (χ3v) is 5.84. The quantitative estimate of drug-likeness (QED) is 0.509. The monoisotopic (exact) mass is 397 g/mol. The first-order chi connectivity index (χ1) is 13.7. The lowest BCUT2D eigenvalue weighted by Gasteiger charge is -2.30. The van der Waals surface area contributed by atoms with Crippen LogP contribution in [0.1, 0.15) is 95.6 Å². The smallest absolute Gasteiger partial charge is 0.143 e. The number of carbonyl (C=O) groups is 1. The number of ketones is 1. The van der Waals surface area contributed by atoms with Crippen LogP contribution in [0.2, 0.25) is 0 Å². The zero-order valence-electron chi connectivity index (χ0n) is 18.1. The predicted octanol–water partition coefficient (Wildman–Crippen LogP) is 6.05. The number of hydrogen-bond acceptors (Lipinski definition) is 3. The molecule has 0 amide bonds. The maximum atomic E-state index is 14.4. The molecule has 1 aliphatic carbocycles. The number of fused-ring (bicyclic) bond motifs is 1. The number of aryl methyl sites for hydroxylation is 2. The van der Waals surface area contributed by atoms with Crippen molar-refractivity contribution in [3.8, 4) is 6.07 Å². The molecule has 1 aromatic heterocycles. The predicted molar refractivity (Wildman–Crippen MR) is 113 cm³/mol. The van der Waals surface area contributed by atoms with Gasteiger partial charge in [-0.25, -0.2) is 9.37 Å². The van der Waals surface area contributed by atoms with Crippen LogP contribution in [0, 0.1) is 22.6 Å². The summed E-state index contributed by atoms with van der Waals surface area (Å²) in [7, 11) is 0. The number of aromatic nitrogens is 2. The van der Waals surface area contributed by atoms with E-state index in [1.807, 2.05) is 13.0 Å². The van der Waals surface area contributed by atoms with Crippen LogP contribution in [-0.4, -0.2) is 15.3 Å². The van der Waals surface area contributed by atoms with Crippen LogP contribution in [0.25, 0.3) is 11.0 Å². The maximum Gasteiger partial charge on any atom is 0.143 e. The Bertz CT molecular complexity index is 942. The second-order valence-electron chi connectivity index (χ2n) is 9.51. The molecule has 0 N–H and O–H groups in total. The van der Waals surface area contributed by atoms with Crippen LogP contribution in [0.4, 0.5) is 4.39 Å². The van der Waals surface area contributed by atoms with Gasteiger partial charge in [0.15, 0.2) is 0 Å². The molecule has 0 unspecified atom stereocenters. The molecule has 0 spiro atoms. The Hall–Kier alpha value is -2.22. The molecule has 1 saturated carbocycles. The van der Waals surface area contributed by atoms with Gasteiger partial charge in [-0.15, -0.1) is 0 Å². The highest BCUT2D eigenvalue weighted by Crippen LogP contribution is 2.38. The van der Waals surface area contributed by atoms with Crippen molar-refractivity contribution in [2.45, 2.75) is 91.5 Å². The molecule has 0 saturated heterocycles. The SMILES string of the molecule is CCc1c(C#N)c(F)cc2nc(CCCCC(=O)CC(C)(C)C)n(C3CCC3)c12. The van der Waals surface area contributed by atoms with E-state index in [-0.39, 0.29) is 11.0 Å². The first kappa shape index (κ1) is 21.5. The number of halogens is 1. The Morgan fingerprint density at radius 3 is 2.62 bits per heavy atom. The summed E-state index contributed by atoms with van der Waals surface area (Å²) in [6.07, 6.45) is 7.74. The van der Waals surface area contributed by atoms with Crippen LogP contribution >= 0.6 is 0 Å². The molecule has 29 heavy (non-hydrogen) atoms. The van der Waals surface area contributed by atoms with Crippen molar-refractivity contribution in [1.82, 2.24) is 9.55 Å². The van der Waals surface area contributed by atoms with Gasteiger partial charge in [-0.3, -0.25) is 4.79 Å². The van der Waals surface area contributed by atoms with E-state index in [2.05, 4.69) is 25.3 Å². The second-order valence-corrected chi connectivity index (χ2v) is 9.51. The van der Waals surface area contributed by atoms with Crippen LogP contribution in [0.15, 0.2) is 6.07 Å². The lowest BCUT2D eigenvalue weighted by Crippen LogP contribution is -2.20. The Morgan fingerprint density at radius 1 is 1.34 bits per heavy atom. The van der Waals surface area contributed by atoms with Gasteiger partial charge >= 0.3 is 0 Å². The highest BCUT2D eigenvalue weighted by atomic mass is 19.1. The lowest BCUT2D eigenvalue weighted by atomic mass is 9.88. The topological polar surface area (TPSA) is 58.7 Å². The van der Waals surface area contributed by atoms with Gasteiger partial charge in [-0.05, 0) is 49.5 Å². The van der Waals surface area contributed by atoms with Crippen LogP contribution < -0.4 is 0 Å². The van der Waals surface area contributed by atoms with Crippen molar-refractivity contribution < 1.29 is 9.18 Å². The average molecular weight is 398 g/mol. The van der Waals surface area contributed by atoms with Crippen molar-refractivity contribution in [1.29, 1.82) is 5.26 Å². The van der Waals surface area contributed by atoms with Crippen molar-refractivity contribution in [2.75, 3.05) is 0 Å². The fourth-order valence-electron chi connectivity index (χ4n) is 4.32. The van der Waals surface area contributed by atoms with Gasteiger partial charge in [0.25, 0.3) is 0 Å². The summed E-state index contributed by atoms with van der Waals surface area (Å²) >= 11 is 0. The summed E-state index contributed by atoms with van der Waals surface area (Å²) in [6, 6.07) is 3.85. The Labute approximate surface area is 173 Å². The van der Waals surface area contributed by atoms with E-state index in [1.54, 1.807) is 0 Å². The van der Waals surface area contributed by atoms with Crippen molar-refractivity contribution in [2.24, 2.45) is 5.41 Å². The maximum absolute atomic E-state index is 14.4. The molecule has 2 aromatic rings. The number of unbranched alkanes of at least 4 members (excludes halogenated alkanes) is 1. The number of Topliss-reactive ketones (excluding diaryl/α,β-unsaturated/α-hetero) is 1. The molecule has 0 aliphatic heterocycles. The second kappa shape index (κ2) is 8.65. The van der Waals surface area contributed by atoms with E-state index < -0.39 is 5.82 Å². The molecule has 1 aliphatic rings. The first-order valence-corrected chi connectivity index (χ1v) is 10.9. The van der Waals surface area contributed by atoms with Gasteiger partial charge in [-0.1, -0.05) is 27.7 Å². The van der Waals surface area contributed by atoms with Crippen LogP contribution in [0.5, 0.6) is 0 Å². The highest BCUT2D eigenvalue weighted by Gasteiger charge is 2.27. The minimum Gasteiger partial charge on any atom is -0.325 e. The van der Waals surface area contributed by atoms with E-state index in [9.17, 15) is 14.4 Å². The standard InChI is InChI=1S/C24H32FN3O/c1-5-18-19(15-26)20(25)13-21-23(18)28(16-9-8-10-16)22(27-21)12-7-6-11-17(29)14-24(2,3)4/h13,16H,5-12,14H2,1-4H3. The molecule has 1 heterocycles. The zero-order valence-corrected chi connectivity index (χ0v) is 18.1. The van der Waals surface area contributed by atoms with Crippen molar-refractivity contribution in [3.63, 3.8) is 0 Å². The van der Waals surface area contributed by atoms with Crippen molar-refractivity contribution >= 4 is 16.8 Å². The van der Waals surface area contributed by atoms with Gasteiger partial charge in [-0.2, -0.15) is 5.26 Å². The van der Waals surface area contributed by atoms with E-state index >= 15 is 0 Å². The number of nitrogens with zero attached hydrogens (tertiary/aromatic N) is 3. The van der Waals surface area contributed by atoms with E-state index in [0.717, 1.165) is 49.0 Å². The number of hydrogen-bond donors (Lipinski definition) is 0. The van der Waals surface area contributed by atoms with E-state index in [0.29, 0.717) is 36.6 Å². The van der Waals surface area contributed by atoms with Gasteiger partial charge in [0, 0.05) is 31.4 Å². The lowest BCUT2D eigenvalue weighted by molar-refractivity contribution is -0.120. The molecule has 0 bridgehead atoms. The number of imidazole rings is 1. The third kappa shape index (κ3) is 4.69. The third-order valence-electron chi connectivity index (χ3n) is 5.84. The van der Waals surface area contributed by atoms with Gasteiger partial charge in [0.2, 0.25) is 0 Å². The number of nitriles is 1. The molecule has 1 fully saturated rings. The zero-order chi connectivity index (χ0) is 21.2. The molecular formula is C24H32FN3O. The fourth-order valence-corrected chi connectivity index (χ4v) is 4.32. The summed E-state index contributed by atoms with van der Waals surface area (Å²) in [6.45, 7) is 8.23. The Kier molecular flexibility index (Phi) is 6.41. The van der Waals surface area contributed by atoms with E-state index in [1.165, 1.54) is 12.5 Å². The van der Waals surface area contributed by atoms with E-state index in [4.69, 9.17) is 4.98 Å². The number of benzene rings is 1. The van der Waals surface area contributed by atoms with Crippen LogP contribution in [0.3, 0.4) is 0 Å². The summed E-state index contributed by atoms with van der Waals surface area (Å²) in [5.41, 5.74) is 2.56. The molecule has 3 rings (SSSR count). The molecule has 156 valence electrons. The highest BCUT2D eigenvalue weighted by molar-refractivity contribution is 5.83. The number of carbonyl (C=O) groups excluding carboxylic acids is 1. The molecular weight excluding hydrogens is 365 g/mol. The van der Waals surface area contributed by atoms with Crippen molar-refractivity contribution in [3.05, 3.63) is 28.8 Å². The van der Waals surface area contributed by atoms with Crippen LogP contribution in [-0.2, 0) is 17.6 Å². The first-order valence-electron chi connectivity index (χ1n) is 10.9. The normalized spacial score (nSPS) is 14.8. The summed E-state index contributed by atoms with van der Waals surface area (Å²) in [5, 5.41) is 9.45. The molecule has 5 heteroatoms. The fraction of sp³-hybridized carbons (Fsp3) is 0.625. The molecule has 0 atom stereocenters. The minimum absolute atomic E-state index is 0.0361. The summed E-state index contributed by atoms with van der Waals surface area (Å²) < 4.78 is 16.7. The minimum atomic E-state index is -0.477. The number of rotatable bonds is 8. The van der Waals surface area contributed by atoms with Gasteiger partial charge in [0.1, 0.15) is 23.5 Å². The molecule has 4 nitrogen and oxygen atoms in total. The van der Waals surface area contributed by atoms with Gasteiger partial charge in [0.05, 0.1) is 16.6 Å². The molecule has 0 radical (unpaired) electrons. The van der Waals surface area contributed by atoms with Gasteiger partial charge < -0.3 is 4.57 Å². The summed E-state index contributed by atoms with van der Waals surface area (Å²) in [5.74, 6) is 0.811.